The minimum absolute atomic E-state index is 0.407. The van der Waals surface area contributed by atoms with E-state index in [1.165, 1.54) is 7.11 Å². The van der Waals surface area contributed by atoms with Crippen molar-refractivity contribution in [3.05, 3.63) is 46.2 Å². The number of benzene rings is 1. The van der Waals surface area contributed by atoms with E-state index in [1.54, 1.807) is 29.5 Å². The molecule has 94 valence electrons. The zero-order valence-corrected chi connectivity index (χ0v) is 10.7. The minimum Gasteiger partial charge on any atom is -0.486 e. The van der Waals surface area contributed by atoms with Gasteiger partial charge >= 0.3 is 5.97 Å². The molecule has 0 fully saturated rings. The average molecular weight is 263 g/mol. The maximum Gasteiger partial charge on any atom is 0.337 e. The van der Waals surface area contributed by atoms with Gasteiger partial charge in [-0.15, -0.1) is 11.3 Å². The molecule has 1 aromatic heterocycles. The van der Waals surface area contributed by atoms with Crippen molar-refractivity contribution in [1.29, 1.82) is 0 Å². The van der Waals surface area contributed by atoms with Gasteiger partial charge in [0.05, 0.1) is 18.4 Å². The monoisotopic (exact) mass is 263 g/mol. The van der Waals surface area contributed by atoms with Crippen molar-refractivity contribution in [2.24, 2.45) is 0 Å². The molecule has 18 heavy (non-hydrogen) atoms. The third-order valence-corrected chi connectivity index (χ3v) is 3.23. The van der Waals surface area contributed by atoms with Gasteiger partial charge in [-0.1, -0.05) is 6.07 Å². The molecule has 4 nitrogen and oxygen atoms in total. The van der Waals surface area contributed by atoms with Crippen molar-refractivity contribution in [2.75, 3.05) is 12.8 Å². The van der Waals surface area contributed by atoms with Crippen molar-refractivity contribution >= 4 is 23.0 Å². The summed E-state index contributed by atoms with van der Waals surface area (Å²) in [7, 11) is 1.34. The number of esters is 1. The predicted octanol–water partition coefficient (Wildman–Crippen LogP) is 2.70. The molecule has 2 aromatic rings. The number of carbonyl (C=O) groups is 1. The molecule has 0 aliphatic carbocycles. The first-order valence-electron chi connectivity index (χ1n) is 5.33. The van der Waals surface area contributed by atoms with E-state index in [2.05, 4.69) is 4.74 Å². The number of rotatable bonds is 4. The Bertz CT molecular complexity index is 537. The summed E-state index contributed by atoms with van der Waals surface area (Å²) in [5.41, 5.74) is 6.72. The van der Waals surface area contributed by atoms with Crippen molar-refractivity contribution in [3.8, 4) is 5.75 Å². The molecule has 2 rings (SSSR count). The van der Waals surface area contributed by atoms with Gasteiger partial charge in [0.25, 0.3) is 0 Å². The van der Waals surface area contributed by atoms with Crippen LogP contribution in [0.3, 0.4) is 0 Å². The Kier molecular flexibility index (Phi) is 3.84. The van der Waals surface area contributed by atoms with E-state index in [-0.39, 0.29) is 0 Å². The quantitative estimate of drug-likeness (QED) is 0.680. The van der Waals surface area contributed by atoms with Crippen molar-refractivity contribution in [1.82, 2.24) is 0 Å². The van der Waals surface area contributed by atoms with Gasteiger partial charge in [-0.2, -0.15) is 0 Å². The first-order chi connectivity index (χ1) is 8.70. The number of thiophene rings is 1. The Hall–Kier alpha value is -2.01. The van der Waals surface area contributed by atoms with Crippen molar-refractivity contribution < 1.29 is 14.3 Å². The van der Waals surface area contributed by atoms with Crippen molar-refractivity contribution in [2.45, 2.75) is 6.61 Å². The van der Waals surface area contributed by atoms with Crippen LogP contribution in [0, 0.1) is 0 Å². The first kappa shape index (κ1) is 12.4. The minimum atomic E-state index is -0.407. The Morgan fingerprint density at radius 3 is 2.89 bits per heavy atom. The van der Waals surface area contributed by atoms with E-state index in [9.17, 15) is 4.79 Å². The van der Waals surface area contributed by atoms with E-state index >= 15 is 0 Å². The van der Waals surface area contributed by atoms with E-state index in [4.69, 9.17) is 10.5 Å². The molecule has 0 bridgehead atoms. The highest BCUT2D eigenvalue weighted by molar-refractivity contribution is 7.09. The Labute approximate surface area is 109 Å². The second-order valence-electron chi connectivity index (χ2n) is 3.61. The van der Waals surface area contributed by atoms with Gasteiger partial charge in [-0.05, 0) is 29.6 Å². The highest BCUT2D eigenvalue weighted by Crippen LogP contribution is 2.24. The van der Waals surface area contributed by atoms with Crippen LogP contribution < -0.4 is 10.5 Å². The number of nitrogens with two attached hydrogens (primary N) is 1. The fourth-order valence-corrected chi connectivity index (χ4v) is 2.06. The summed E-state index contributed by atoms with van der Waals surface area (Å²) in [5.74, 6) is 0.0854. The fraction of sp³-hybridized carbons (Fsp3) is 0.154. The number of hydrogen-bond acceptors (Lipinski definition) is 5. The van der Waals surface area contributed by atoms with Gasteiger partial charge in [0, 0.05) is 4.88 Å². The van der Waals surface area contributed by atoms with Gasteiger partial charge in [-0.3, -0.25) is 0 Å². The molecule has 0 radical (unpaired) electrons. The normalized spacial score (nSPS) is 10.1. The zero-order chi connectivity index (χ0) is 13.0. The second kappa shape index (κ2) is 5.55. The summed E-state index contributed by atoms with van der Waals surface area (Å²) in [4.78, 5) is 12.5. The summed E-state index contributed by atoms with van der Waals surface area (Å²) in [5, 5.41) is 1.98. The Morgan fingerprint density at radius 1 is 1.39 bits per heavy atom. The largest absolute Gasteiger partial charge is 0.486 e. The number of hydrogen-bond donors (Lipinski definition) is 1. The highest BCUT2D eigenvalue weighted by Gasteiger charge is 2.09. The molecule has 0 saturated carbocycles. The summed E-state index contributed by atoms with van der Waals surface area (Å²) >= 11 is 1.61. The van der Waals surface area contributed by atoms with Crippen LogP contribution >= 0.6 is 11.3 Å². The van der Waals surface area contributed by atoms with E-state index in [0.717, 1.165) is 4.88 Å². The molecule has 0 unspecified atom stereocenters. The predicted molar refractivity (Wildman–Crippen MR) is 70.8 cm³/mol. The van der Waals surface area contributed by atoms with Gasteiger partial charge in [0.2, 0.25) is 0 Å². The molecule has 0 aliphatic heterocycles. The highest BCUT2D eigenvalue weighted by atomic mass is 32.1. The van der Waals surface area contributed by atoms with Crippen LogP contribution in [-0.2, 0) is 11.3 Å². The molecule has 0 saturated heterocycles. The molecule has 0 aliphatic rings. The first-order valence-corrected chi connectivity index (χ1v) is 6.21. The van der Waals surface area contributed by atoms with Crippen LogP contribution in [0.5, 0.6) is 5.75 Å². The maximum absolute atomic E-state index is 11.4. The summed E-state index contributed by atoms with van der Waals surface area (Å²) in [6, 6.07) is 8.77. The molecule has 0 amide bonds. The van der Waals surface area contributed by atoms with Gasteiger partial charge in [-0.25, -0.2) is 4.79 Å². The van der Waals surface area contributed by atoms with E-state index in [0.29, 0.717) is 23.6 Å². The van der Waals surface area contributed by atoms with Crippen LogP contribution in [-0.4, -0.2) is 13.1 Å². The summed E-state index contributed by atoms with van der Waals surface area (Å²) in [6.45, 7) is 0.437. The topological polar surface area (TPSA) is 61.5 Å². The van der Waals surface area contributed by atoms with E-state index in [1.807, 2.05) is 17.5 Å². The maximum atomic E-state index is 11.4. The summed E-state index contributed by atoms with van der Waals surface area (Å²) in [6.07, 6.45) is 0. The second-order valence-corrected chi connectivity index (χ2v) is 4.64. The lowest BCUT2D eigenvalue weighted by Crippen LogP contribution is -2.04. The number of carbonyl (C=O) groups excluding carboxylic acids is 1. The molecular weight excluding hydrogens is 250 g/mol. The van der Waals surface area contributed by atoms with Crippen LogP contribution in [0.2, 0.25) is 0 Å². The lowest BCUT2D eigenvalue weighted by Gasteiger charge is -2.09. The molecule has 5 heteroatoms. The number of ether oxygens (including phenoxy) is 2. The van der Waals surface area contributed by atoms with Crippen LogP contribution in [0.15, 0.2) is 35.7 Å². The lowest BCUT2D eigenvalue weighted by atomic mass is 10.2. The van der Waals surface area contributed by atoms with Crippen molar-refractivity contribution in [3.63, 3.8) is 0 Å². The molecular formula is C13H13NO3S. The standard InChI is InChI=1S/C13H13NO3S/c1-16-13(15)9-4-5-11(14)12(7-9)17-8-10-3-2-6-18-10/h2-7H,8,14H2,1H3. The van der Waals surface area contributed by atoms with Crippen LogP contribution in [0.4, 0.5) is 5.69 Å². The van der Waals surface area contributed by atoms with Gasteiger partial charge in [0.15, 0.2) is 0 Å². The third-order valence-electron chi connectivity index (χ3n) is 2.38. The molecule has 2 N–H and O–H groups in total. The third kappa shape index (κ3) is 2.81. The van der Waals surface area contributed by atoms with Crippen LogP contribution in [0.25, 0.3) is 0 Å². The Morgan fingerprint density at radius 2 is 2.22 bits per heavy atom. The van der Waals surface area contributed by atoms with Crippen LogP contribution in [0.1, 0.15) is 15.2 Å². The van der Waals surface area contributed by atoms with Gasteiger partial charge in [0.1, 0.15) is 12.4 Å². The molecule has 0 spiro atoms. The fourth-order valence-electron chi connectivity index (χ4n) is 1.45. The SMILES string of the molecule is COC(=O)c1ccc(N)c(OCc2cccs2)c1. The van der Waals surface area contributed by atoms with Gasteiger partial charge < -0.3 is 15.2 Å². The van der Waals surface area contributed by atoms with E-state index < -0.39 is 5.97 Å². The average Bonchev–Trinajstić information content (AvgIpc) is 2.90. The molecule has 1 aromatic carbocycles. The number of anilines is 1. The molecule has 0 atom stereocenters. The molecule has 1 heterocycles. The number of methoxy groups -OCH3 is 1. The number of nitrogen functional groups attached to an aromatic ring is 1. The zero-order valence-electron chi connectivity index (χ0n) is 9.88. The Balaban J connectivity index is 2.13. The smallest absolute Gasteiger partial charge is 0.337 e. The lowest BCUT2D eigenvalue weighted by molar-refractivity contribution is 0.0600. The summed E-state index contributed by atoms with van der Waals surface area (Å²) < 4.78 is 10.2.